The van der Waals surface area contributed by atoms with E-state index in [0.29, 0.717) is 5.82 Å². The fourth-order valence-corrected chi connectivity index (χ4v) is 6.61. The molecule has 1 aliphatic rings. The molecule has 0 fully saturated rings. The van der Waals surface area contributed by atoms with Gasteiger partial charge in [-0.15, -0.1) is 0 Å². The van der Waals surface area contributed by atoms with E-state index in [1.807, 2.05) is 66.7 Å². The highest BCUT2D eigenvalue weighted by atomic mass is 16.3. The number of allylic oxidation sites excluding steroid dienone is 1. The Morgan fingerprint density at radius 2 is 1.21 bits per heavy atom. The number of fused-ring (bicyclic) bond motifs is 6. The van der Waals surface area contributed by atoms with Crippen LogP contribution in [0.15, 0.2) is 144 Å². The Labute approximate surface area is 270 Å². The zero-order valence-corrected chi connectivity index (χ0v) is 25.2. The number of hydrogen-bond acceptors (Lipinski definition) is 5. The van der Waals surface area contributed by atoms with E-state index in [9.17, 15) is 0 Å². The van der Waals surface area contributed by atoms with E-state index in [1.165, 1.54) is 0 Å². The Kier molecular flexibility index (Phi) is 6.05. The van der Waals surface area contributed by atoms with Crippen LogP contribution >= 0.6 is 0 Å². The monoisotopic (exact) mass is 602 g/mol. The number of hydrogen-bond donors (Lipinski definition) is 2. The number of furan rings is 1. The molecule has 5 nitrogen and oxygen atoms in total. The van der Waals surface area contributed by atoms with Gasteiger partial charge in [-0.05, 0) is 63.9 Å². The van der Waals surface area contributed by atoms with Gasteiger partial charge in [0.1, 0.15) is 11.2 Å². The summed E-state index contributed by atoms with van der Waals surface area (Å²) in [5, 5.41) is 21.1. The van der Waals surface area contributed by atoms with Crippen molar-refractivity contribution in [3.8, 4) is 45.0 Å². The van der Waals surface area contributed by atoms with E-state index in [1.54, 1.807) is 6.08 Å². The molecule has 0 spiro atoms. The number of nitrogens with one attached hydrogen (secondary N) is 2. The molecule has 0 saturated carbocycles. The first-order valence-corrected chi connectivity index (χ1v) is 15.5. The number of rotatable bonds is 4. The lowest BCUT2D eigenvalue weighted by Crippen LogP contribution is -2.16. The molecule has 2 N–H and O–H groups in total. The number of aromatic nitrogens is 2. The molecule has 0 bridgehead atoms. The Morgan fingerprint density at radius 3 is 2.11 bits per heavy atom. The predicted molar refractivity (Wildman–Crippen MR) is 192 cm³/mol. The first-order valence-electron chi connectivity index (χ1n) is 15.5. The molecule has 1 aliphatic carbocycles. The van der Waals surface area contributed by atoms with Gasteiger partial charge in [-0.2, -0.15) is 0 Å². The Morgan fingerprint density at radius 1 is 0.489 bits per heavy atom. The van der Waals surface area contributed by atoms with Crippen molar-refractivity contribution in [2.45, 2.75) is 0 Å². The minimum Gasteiger partial charge on any atom is -0.456 e. The maximum absolute atomic E-state index is 8.72. The lowest BCUT2D eigenvalue weighted by Gasteiger charge is -2.16. The lowest BCUT2D eigenvalue weighted by molar-refractivity contribution is 0.669. The molecule has 0 radical (unpaired) electrons. The smallest absolute Gasteiger partial charge is 0.160 e. The molecule has 0 saturated heterocycles. The van der Waals surface area contributed by atoms with Crippen molar-refractivity contribution in [1.29, 1.82) is 10.8 Å². The normalized spacial score (nSPS) is 12.7. The Bertz CT molecular complexity index is 2610. The van der Waals surface area contributed by atoms with Gasteiger partial charge in [-0.25, -0.2) is 9.97 Å². The van der Waals surface area contributed by atoms with Crippen LogP contribution in [-0.4, -0.2) is 21.4 Å². The molecule has 47 heavy (non-hydrogen) atoms. The molecule has 0 amide bonds. The molecule has 5 heteroatoms. The summed E-state index contributed by atoms with van der Waals surface area (Å²) in [7, 11) is 0. The summed E-state index contributed by atoms with van der Waals surface area (Å²) in [5.41, 5.74) is 10.3. The second kappa shape index (κ2) is 10.6. The van der Waals surface area contributed by atoms with Gasteiger partial charge in [0.25, 0.3) is 0 Å². The second-order valence-corrected chi connectivity index (χ2v) is 11.8. The van der Waals surface area contributed by atoms with Gasteiger partial charge < -0.3 is 4.42 Å². The van der Waals surface area contributed by atoms with Crippen LogP contribution in [0.2, 0.25) is 0 Å². The predicted octanol–water partition coefficient (Wildman–Crippen LogP) is 10.6. The molecule has 8 aromatic rings. The van der Waals surface area contributed by atoms with Gasteiger partial charge >= 0.3 is 0 Å². The Balaban J connectivity index is 1.28. The highest BCUT2D eigenvalue weighted by Crippen LogP contribution is 2.37. The van der Waals surface area contributed by atoms with E-state index in [0.717, 1.165) is 83.0 Å². The zero-order valence-electron chi connectivity index (χ0n) is 25.2. The average Bonchev–Trinajstić information content (AvgIpc) is 3.51. The van der Waals surface area contributed by atoms with Gasteiger partial charge in [0.15, 0.2) is 5.82 Å². The molecule has 0 unspecified atom stereocenters. The summed E-state index contributed by atoms with van der Waals surface area (Å²) in [6.45, 7) is 0. The van der Waals surface area contributed by atoms with Crippen LogP contribution < -0.4 is 0 Å². The van der Waals surface area contributed by atoms with Crippen molar-refractivity contribution >= 4 is 50.2 Å². The van der Waals surface area contributed by atoms with Crippen LogP contribution in [0.25, 0.3) is 83.8 Å². The van der Waals surface area contributed by atoms with E-state index < -0.39 is 0 Å². The number of para-hydroxylation sites is 1. The van der Waals surface area contributed by atoms with Crippen LogP contribution in [0.4, 0.5) is 0 Å². The zero-order chi connectivity index (χ0) is 31.5. The second-order valence-electron chi connectivity index (χ2n) is 11.8. The minimum atomic E-state index is 0.203. The standard InChI is InChI=1S/C42H26N4O/c43-35-21-19-27-16-14-26-15-17-29(22-34(26)40(27)41(35)44)42-45-36(28-18-20-33-32-12-6-7-13-38(32)47-39(33)23-28)24-37(46-42)31-11-5-4-10-30(31)25-8-2-1-3-9-25/h1-24,43-44H. The third kappa shape index (κ3) is 4.48. The third-order valence-electron chi connectivity index (χ3n) is 8.95. The van der Waals surface area contributed by atoms with Gasteiger partial charge in [0.05, 0.1) is 22.8 Å². The van der Waals surface area contributed by atoms with Gasteiger partial charge in [0.2, 0.25) is 0 Å². The number of nitrogens with zero attached hydrogens (tertiary/aromatic N) is 2. The minimum absolute atomic E-state index is 0.203. The summed E-state index contributed by atoms with van der Waals surface area (Å²) in [6.07, 6.45) is 3.59. The fourth-order valence-electron chi connectivity index (χ4n) is 6.61. The van der Waals surface area contributed by atoms with Crippen molar-refractivity contribution in [2.75, 3.05) is 0 Å². The van der Waals surface area contributed by atoms with Crippen molar-refractivity contribution in [3.05, 3.63) is 151 Å². The summed E-state index contributed by atoms with van der Waals surface area (Å²) in [6, 6.07) is 45.3. The largest absolute Gasteiger partial charge is 0.456 e. The molecule has 2 aromatic heterocycles. The first-order chi connectivity index (χ1) is 23.1. The molecule has 220 valence electrons. The maximum atomic E-state index is 8.72. The van der Waals surface area contributed by atoms with Crippen molar-refractivity contribution in [2.24, 2.45) is 0 Å². The van der Waals surface area contributed by atoms with Crippen LogP contribution in [-0.2, 0) is 0 Å². The highest BCUT2D eigenvalue weighted by Gasteiger charge is 2.20. The van der Waals surface area contributed by atoms with Crippen molar-refractivity contribution in [3.63, 3.8) is 0 Å². The van der Waals surface area contributed by atoms with Crippen LogP contribution in [0.1, 0.15) is 11.1 Å². The van der Waals surface area contributed by atoms with Crippen molar-refractivity contribution < 1.29 is 4.42 Å². The van der Waals surface area contributed by atoms with Gasteiger partial charge in [0, 0.05) is 33.0 Å². The molecule has 0 atom stereocenters. The average molecular weight is 603 g/mol. The molecule has 2 heterocycles. The van der Waals surface area contributed by atoms with E-state index in [2.05, 4.69) is 72.8 Å². The fraction of sp³-hybridized carbons (Fsp3) is 0. The Hall–Kier alpha value is -6.46. The summed E-state index contributed by atoms with van der Waals surface area (Å²) >= 11 is 0. The molecule has 6 aromatic carbocycles. The SMILES string of the molecule is N=C1C=Cc2ccc3ccc(-c4nc(-c5ccc6c(c5)oc5ccccc56)cc(-c5ccccc5-c5ccccc5)n4)cc3c2C1=N. The molecule has 9 rings (SSSR count). The van der Waals surface area contributed by atoms with Gasteiger partial charge in [-0.1, -0.05) is 109 Å². The van der Waals surface area contributed by atoms with E-state index in [-0.39, 0.29) is 11.4 Å². The molecular formula is C42H26N4O. The summed E-state index contributed by atoms with van der Waals surface area (Å²) in [5.74, 6) is 0.581. The topological polar surface area (TPSA) is 86.6 Å². The van der Waals surface area contributed by atoms with Crippen LogP contribution in [0.3, 0.4) is 0 Å². The first kappa shape index (κ1) is 26.9. The van der Waals surface area contributed by atoms with E-state index >= 15 is 0 Å². The molecule has 0 aliphatic heterocycles. The summed E-state index contributed by atoms with van der Waals surface area (Å²) < 4.78 is 6.25. The van der Waals surface area contributed by atoms with Crippen LogP contribution in [0.5, 0.6) is 0 Å². The van der Waals surface area contributed by atoms with Gasteiger partial charge in [-0.3, -0.25) is 10.8 Å². The van der Waals surface area contributed by atoms with E-state index in [4.69, 9.17) is 25.2 Å². The lowest BCUT2D eigenvalue weighted by atomic mass is 9.88. The molecular weight excluding hydrogens is 576 g/mol. The van der Waals surface area contributed by atoms with Crippen LogP contribution in [0, 0.1) is 10.8 Å². The van der Waals surface area contributed by atoms with Crippen molar-refractivity contribution in [1.82, 2.24) is 9.97 Å². The quantitative estimate of drug-likeness (QED) is 0.210. The highest BCUT2D eigenvalue weighted by molar-refractivity contribution is 6.53. The third-order valence-corrected chi connectivity index (χ3v) is 8.95. The maximum Gasteiger partial charge on any atom is 0.160 e. The number of benzene rings is 6. The summed E-state index contributed by atoms with van der Waals surface area (Å²) in [4.78, 5) is 10.3.